The zero-order valence-corrected chi connectivity index (χ0v) is 26.2. The first-order valence-electron chi connectivity index (χ1n) is 14.9. The van der Waals surface area contributed by atoms with E-state index in [-0.39, 0.29) is 23.2 Å². The molecule has 10 nitrogen and oxygen atoms in total. The van der Waals surface area contributed by atoms with E-state index in [2.05, 4.69) is 21.3 Å². The number of aryl methyl sites for hydroxylation is 3. The topological polar surface area (TPSA) is 146 Å². The Morgan fingerprint density at radius 1 is 0.864 bits per heavy atom. The lowest BCUT2D eigenvalue weighted by Gasteiger charge is -2.33. The van der Waals surface area contributed by atoms with Crippen molar-refractivity contribution in [1.29, 1.82) is 0 Å². The molecule has 0 heterocycles. The molecule has 1 fully saturated rings. The summed E-state index contributed by atoms with van der Waals surface area (Å²) in [6, 6.07) is 12.9. The number of carbonyl (C=O) groups is 4. The number of rotatable bonds is 7. The Labute approximate surface area is 257 Å². The highest BCUT2D eigenvalue weighted by molar-refractivity contribution is 6.10. The number of hydrogen-bond donors (Lipinski definition) is 5. The lowest BCUT2D eigenvalue weighted by atomic mass is 9.81. The van der Waals surface area contributed by atoms with Gasteiger partial charge in [0.25, 0.3) is 5.91 Å². The maximum absolute atomic E-state index is 13.7. The van der Waals surface area contributed by atoms with Crippen LogP contribution in [0.25, 0.3) is 10.8 Å². The maximum Gasteiger partial charge on any atom is 0.407 e. The van der Waals surface area contributed by atoms with Gasteiger partial charge in [-0.25, -0.2) is 14.4 Å². The van der Waals surface area contributed by atoms with Gasteiger partial charge in [0.15, 0.2) is 0 Å². The Balaban J connectivity index is 1.50. The highest BCUT2D eigenvalue weighted by Crippen LogP contribution is 2.30. The summed E-state index contributed by atoms with van der Waals surface area (Å²) in [5.41, 5.74) is 3.39. The van der Waals surface area contributed by atoms with Crippen LogP contribution in [0.15, 0.2) is 48.5 Å². The Morgan fingerprint density at radius 3 is 2.02 bits per heavy atom. The number of aliphatic carboxylic acids is 1. The largest absolute Gasteiger partial charge is 0.480 e. The van der Waals surface area contributed by atoms with Crippen LogP contribution in [-0.2, 0) is 9.53 Å². The summed E-state index contributed by atoms with van der Waals surface area (Å²) >= 11 is 0. The fourth-order valence-electron chi connectivity index (χ4n) is 5.85. The summed E-state index contributed by atoms with van der Waals surface area (Å²) < 4.78 is 5.34. The number of carboxylic acid groups (broad SMARTS) is 1. The first-order valence-corrected chi connectivity index (χ1v) is 14.9. The third kappa shape index (κ3) is 8.27. The Kier molecular flexibility index (Phi) is 9.81. The summed E-state index contributed by atoms with van der Waals surface area (Å²) in [7, 11) is 0. The lowest BCUT2D eigenvalue weighted by molar-refractivity contribution is -0.141. The molecule has 0 aromatic heterocycles. The van der Waals surface area contributed by atoms with Gasteiger partial charge >= 0.3 is 18.1 Å². The van der Waals surface area contributed by atoms with Gasteiger partial charge in [0.2, 0.25) is 0 Å². The first kappa shape index (κ1) is 32.3. The normalized spacial score (nSPS) is 17.3. The highest BCUT2D eigenvalue weighted by Gasteiger charge is 2.34. The van der Waals surface area contributed by atoms with Gasteiger partial charge in [-0.05, 0) is 107 Å². The van der Waals surface area contributed by atoms with Gasteiger partial charge < -0.3 is 31.1 Å². The summed E-state index contributed by atoms with van der Waals surface area (Å²) in [4.78, 5) is 51.4. The molecule has 0 aliphatic heterocycles. The van der Waals surface area contributed by atoms with E-state index in [1.165, 1.54) is 0 Å². The number of carboxylic acids is 1. The number of anilines is 2. The molecule has 4 rings (SSSR count). The number of fused-ring (bicyclic) bond motifs is 1. The SMILES string of the molecule is Cc1cc(C)c(NC(=O)Nc2cc3ccccc3cc2C(=O)NC(C(=O)O)C2CCC(NC(=O)OC(C)(C)C)CC2)c(C)c1. The minimum absolute atomic E-state index is 0.137. The van der Waals surface area contributed by atoms with Crippen LogP contribution in [0.1, 0.15) is 73.5 Å². The summed E-state index contributed by atoms with van der Waals surface area (Å²) in [6.45, 7) is 11.2. The second-order valence-electron chi connectivity index (χ2n) is 12.6. The Morgan fingerprint density at radius 2 is 1.45 bits per heavy atom. The van der Waals surface area contributed by atoms with E-state index in [0.717, 1.165) is 27.5 Å². The van der Waals surface area contributed by atoms with E-state index in [0.29, 0.717) is 31.4 Å². The van der Waals surface area contributed by atoms with E-state index in [1.807, 2.05) is 57.2 Å². The highest BCUT2D eigenvalue weighted by atomic mass is 16.6. The molecule has 44 heavy (non-hydrogen) atoms. The van der Waals surface area contributed by atoms with Crippen molar-refractivity contribution < 1.29 is 29.0 Å². The zero-order chi connectivity index (χ0) is 32.2. The van der Waals surface area contributed by atoms with Crippen molar-refractivity contribution in [2.45, 2.75) is 84.9 Å². The molecule has 0 saturated heterocycles. The zero-order valence-electron chi connectivity index (χ0n) is 26.2. The van der Waals surface area contributed by atoms with Crippen LogP contribution in [0, 0.1) is 26.7 Å². The predicted molar refractivity (Wildman–Crippen MR) is 171 cm³/mol. The Hall–Kier alpha value is -4.60. The number of hydrogen-bond acceptors (Lipinski definition) is 5. The van der Waals surface area contributed by atoms with Gasteiger partial charge in [-0.3, -0.25) is 4.79 Å². The fraction of sp³-hybridized carbons (Fsp3) is 0.412. The molecule has 1 aliphatic rings. The molecular weight excluding hydrogens is 560 g/mol. The molecule has 0 radical (unpaired) electrons. The molecule has 234 valence electrons. The maximum atomic E-state index is 13.7. The molecule has 1 aliphatic carbocycles. The number of benzene rings is 3. The molecule has 3 aromatic rings. The smallest absolute Gasteiger partial charge is 0.407 e. The van der Waals surface area contributed by atoms with Crippen LogP contribution >= 0.6 is 0 Å². The van der Waals surface area contributed by atoms with E-state index in [4.69, 9.17) is 4.74 Å². The van der Waals surface area contributed by atoms with Gasteiger partial charge in [0.1, 0.15) is 11.6 Å². The third-order valence-electron chi connectivity index (χ3n) is 7.81. The van der Waals surface area contributed by atoms with Crippen molar-refractivity contribution in [3.63, 3.8) is 0 Å². The van der Waals surface area contributed by atoms with Crippen molar-refractivity contribution >= 4 is 46.1 Å². The molecule has 10 heteroatoms. The summed E-state index contributed by atoms with van der Waals surface area (Å²) in [6.07, 6.45) is 1.61. The van der Waals surface area contributed by atoms with Gasteiger partial charge in [0.05, 0.1) is 11.3 Å². The quantitative estimate of drug-likeness (QED) is 0.204. The van der Waals surface area contributed by atoms with Crippen molar-refractivity contribution in [3.05, 3.63) is 70.8 Å². The van der Waals surface area contributed by atoms with Crippen LogP contribution in [0.2, 0.25) is 0 Å². The van der Waals surface area contributed by atoms with Crippen molar-refractivity contribution in [2.75, 3.05) is 10.6 Å². The fourth-order valence-corrected chi connectivity index (χ4v) is 5.85. The minimum atomic E-state index is -1.14. The van der Waals surface area contributed by atoms with Gasteiger partial charge in [-0.1, -0.05) is 42.0 Å². The number of carbonyl (C=O) groups excluding carboxylic acids is 3. The third-order valence-corrected chi connectivity index (χ3v) is 7.81. The van der Waals surface area contributed by atoms with Crippen molar-refractivity contribution in [1.82, 2.24) is 10.6 Å². The average molecular weight is 603 g/mol. The standard InChI is InChI=1S/C34H42N4O6/c1-19-15-20(2)28(21(3)16-19)38-32(42)36-27-18-24-10-8-7-9-23(24)17-26(27)30(39)37-29(31(40)41)22-11-13-25(14-12-22)35-33(43)44-34(4,5)6/h7-10,15-18,22,25,29H,11-14H2,1-6H3,(H,35,43)(H,37,39)(H,40,41)(H2,36,38,42). The second-order valence-corrected chi connectivity index (χ2v) is 12.6. The molecule has 1 atom stereocenters. The van der Waals surface area contributed by atoms with Crippen LogP contribution in [0.3, 0.4) is 0 Å². The number of ether oxygens (including phenoxy) is 1. The van der Waals surface area contributed by atoms with Gasteiger partial charge in [0, 0.05) is 11.7 Å². The predicted octanol–water partition coefficient (Wildman–Crippen LogP) is 6.68. The first-order chi connectivity index (χ1) is 20.7. The van der Waals surface area contributed by atoms with Gasteiger partial charge in [-0.15, -0.1) is 0 Å². The lowest BCUT2D eigenvalue weighted by Crippen LogP contribution is -2.49. The van der Waals surface area contributed by atoms with Crippen LogP contribution < -0.4 is 21.3 Å². The average Bonchev–Trinajstić information content (AvgIpc) is 2.92. The molecule has 0 bridgehead atoms. The molecule has 5 N–H and O–H groups in total. The number of amides is 4. The molecule has 1 unspecified atom stereocenters. The number of nitrogens with one attached hydrogen (secondary N) is 4. The van der Waals surface area contributed by atoms with Crippen LogP contribution in [0.4, 0.5) is 21.0 Å². The molecule has 1 saturated carbocycles. The van der Waals surface area contributed by atoms with Crippen molar-refractivity contribution in [2.24, 2.45) is 5.92 Å². The summed E-state index contributed by atoms with van der Waals surface area (Å²) in [5.74, 6) is -2.07. The molecular formula is C34H42N4O6. The van der Waals surface area contributed by atoms with E-state index in [1.54, 1.807) is 32.9 Å². The molecule has 4 amide bonds. The monoisotopic (exact) mass is 602 g/mol. The van der Waals surface area contributed by atoms with E-state index in [9.17, 15) is 24.3 Å². The minimum Gasteiger partial charge on any atom is -0.480 e. The van der Waals surface area contributed by atoms with E-state index >= 15 is 0 Å². The summed E-state index contributed by atoms with van der Waals surface area (Å²) in [5, 5.41) is 23.0. The van der Waals surface area contributed by atoms with Crippen LogP contribution in [-0.4, -0.2) is 46.8 Å². The van der Waals surface area contributed by atoms with Gasteiger partial charge in [-0.2, -0.15) is 0 Å². The second kappa shape index (κ2) is 13.4. The van der Waals surface area contributed by atoms with Crippen LogP contribution in [0.5, 0.6) is 0 Å². The van der Waals surface area contributed by atoms with E-state index < -0.39 is 35.6 Å². The Bertz CT molecular complexity index is 1550. The number of urea groups is 1. The number of alkyl carbamates (subject to hydrolysis) is 1. The van der Waals surface area contributed by atoms with Crippen molar-refractivity contribution in [3.8, 4) is 0 Å². The molecule has 3 aromatic carbocycles. The molecule has 0 spiro atoms.